The Morgan fingerprint density at radius 1 is 1.35 bits per heavy atom. The quantitative estimate of drug-likeness (QED) is 0.623. The van der Waals surface area contributed by atoms with E-state index >= 15 is 0 Å². The highest BCUT2D eigenvalue weighted by Crippen LogP contribution is 2.08. The first kappa shape index (κ1) is 15.7. The van der Waals surface area contributed by atoms with Gasteiger partial charge in [-0.2, -0.15) is 0 Å². The molecule has 0 aromatic carbocycles. The lowest BCUT2D eigenvalue weighted by Gasteiger charge is -2.18. The van der Waals surface area contributed by atoms with Gasteiger partial charge in [0.2, 0.25) is 0 Å². The van der Waals surface area contributed by atoms with Gasteiger partial charge >= 0.3 is 5.97 Å². The molecule has 0 unspecified atom stereocenters. The van der Waals surface area contributed by atoms with E-state index in [1.54, 1.807) is 0 Å². The van der Waals surface area contributed by atoms with E-state index in [0.29, 0.717) is 12.3 Å². The molecule has 0 spiro atoms. The molecule has 1 aromatic heterocycles. The number of aromatic amines is 1. The third-order valence-electron chi connectivity index (χ3n) is 2.12. The predicted octanol–water partition coefficient (Wildman–Crippen LogP) is 1.21. The SMILES string of the molecule is CC(C)C[C@H](N)[C@@H](O)CC(=O)O.c1cc[nH]c1. The number of nitrogens with one attached hydrogen (secondary N) is 1. The van der Waals surface area contributed by atoms with E-state index in [2.05, 4.69) is 4.98 Å². The van der Waals surface area contributed by atoms with E-state index in [0.717, 1.165) is 0 Å². The highest BCUT2D eigenvalue weighted by molar-refractivity contribution is 5.67. The van der Waals surface area contributed by atoms with Crippen LogP contribution in [0, 0.1) is 5.92 Å². The third-order valence-corrected chi connectivity index (χ3v) is 2.12. The van der Waals surface area contributed by atoms with Crippen molar-refractivity contribution in [2.45, 2.75) is 38.8 Å². The molecule has 5 heteroatoms. The van der Waals surface area contributed by atoms with Gasteiger partial charge in [0, 0.05) is 18.4 Å². The summed E-state index contributed by atoms with van der Waals surface area (Å²) in [7, 11) is 0. The summed E-state index contributed by atoms with van der Waals surface area (Å²) in [5, 5.41) is 17.6. The van der Waals surface area contributed by atoms with Crippen LogP contribution in [0.1, 0.15) is 26.7 Å². The number of aromatic nitrogens is 1. The minimum absolute atomic E-state index is 0.270. The molecule has 0 aliphatic carbocycles. The molecule has 0 aliphatic heterocycles. The minimum Gasteiger partial charge on any atom is -0.481 e. The van der Waals surface area contributed by atoms with Crippen LogP contribution in [0.2, 0.25) is 0 Å². The molecule has 5 N–H and O–H groups in total. The van der Waals surface area contributed by atoms with Gasteiger partial charge in [-0.25, -0.2) is 0 Å². The topological polar surface area (TPSA) is 99.3 Å². The van der Waals surface area contributed by atoms with E-state index in [-0.39, 0.29) is 6.42 Å². The molecule has 0 fully saturated rings. The van der Waals surface area contributed by atoms with Gasteiger partial charge in [0.1, 0.15) is 0 Å². The Morgan fingerprint density at radius 3 is 2.18 bits per heavy atom. The number of carboxylic acid groups (broad SMARTS) is 1. The fraction of sp³-hybridized carbons (Fsp3) is 0.583. The molecule has 2 atom stereocenters. The van der Waals surface area contributed by atoms with Crippen molar-refractivity contribution in [1.29, 1.82) is 0 Å². The number of H-pyrrole nitrogens is 1. The molecular weight excluding hydrogens is 220 g/mol. The number of hydrogen-bond acceptors (Lipinski definition) is 3. The monoisotopic (exact) mass is 242 g/mol. The van der Waals surface area contributed by atoms with E-state index in [4.69, 9.17) is 10.8 Å². The maximum Gasteiger partial charge on any atom is 0.306 e. The van der Waals surface area contributed by atoms with Crippen LogP contribution in [0.25, 0.3) is 0 Å². The predicted molar refractivity (Wildman–Crippen MR) is 66.5 cm³/mol. The normalized spacial score (nSPS) is 13.7. The van der Waals surface area contributed by atoms with Crippen molar-refractivity contribution >= 4 is 5.97 Å². The summed E-state index contributed by atoms with van der Waals surface area (Å²) in [6.07, 6.45) is 3.20. The van der Waals surface area contributed by atoms with Crippen molar-refractivity contribution in [1.82, 2.24) is 4.98 Å². The van der Waals surface area contributed by atoms with E-state index in [1.807, 2.05) is 38.4 Å². The average Bonchev–Trinajstić information content (AvgIpc) is 2.72. The van der Waals surface area contributed by atoms with Crippen molar-refractivity contribution in [3.8, 4) is 0 Å². The number of rotatable bonds is 5. The average molecular weight is 242 g/mol. The number of aliphatic hydroxyl groups is 1. The van der Waals surface area contributed by atoms with Crippen LogP contribution >= 0.6 is 0 Å². The summed E-state index contributed by atoms with van der Waals surface area (Å²) in [5.74, 6) is -0.634. The van der Waals surface area contributed by atoms with Gasteiger partial charge in [0.25, 0.3) is 0 Å². The molecule has 0 amide bonds. The number of hydrogen-bond donors (Lipinski definition) is 4. The van der Waals surface area contributed by atoms with Crippen LogP contribution in [0.4, 0.5) is 0 Å². The van der Waals surface area contributed by atoms with Crippen molar-refractivity contribution in [3.63, 3.8) is 0 Å². The van der Waals surface area contributed by atoms with Crippen molar-refractivity contribution in [2.75, 3.05) is 0 Å². The minimum atomic E-state index is -1.01. The maximum atomic E-state index is 10.2. The second-order valence-electron chi connectivity index (χ2n) is 4.34. The van der Waals surface area contributed by atoms with E-state index < -0.39 is 18.1 Å². The molecular formula is C12H22N2O3. The molecule has 17 heavy (non-hydrogen) atoms. The van der Waals surface area contributed by atoms with Crippen molar-refractivity contribution in [2.24, 2.45) is 11.7 Å². The summed E-state index contributed by atoms with van der Waals surface area (Å²) in [4.78, 5) is 13.0. The Morgan fingerprint density at radius 2 is 1.88 bits per heavy atom. The summed E-state index contributed by atoms with van der Waals surface area (Å²) < 4.78 is 0. The number of carboxylic acids is 1. The number of nitrogens with two attached hydrogens (primary N) is 1. The molecule has 1 aromatic rings. The van der Waals surface area contributed by atoms with Crippen LogP contribution in [-0.4, -0.2) is 33.3 Å². The van der Waals surface area contributed by atoms with E-state index in [1.165, 1.54) is 0 Å². The molecule has 0 aliphatic rings. The van der Waals surface area contributed by atoms with E-state index in [9.17, 15) is 9.90 Å². The first-order chi connectivity index (χ1) is 7.93. The Bertz CT molecular complexity index is 269. The van der Waals surface area contributed by atoms with Gasteiger partial charge in [-0.15, -0.1) is 0 Å². The fourth-order valence-electron chi connectivity index (χ4n) is 1.31. The molecule has 0 radical (unpaired) electrons. The van der Waals surface area contributed by atoms with Gasteiger partial charge in [-0.05, 0) is 24.5 Å². The van der Waals surface area contributed by atoms with Crippen molar-refractivity contribution in [3.05, 3.63) is 24.5 Å². The third kappa shape index (κ3) is 9.59. The first-order valence-corrected chi connectivity index (χ1v) is 5.66. The maximum absolute atomic E-state index is 10.2. The number of aliphatic carboxylic acids is 1. The molecule has 1 rings (SSSR count). The summed E-state index contributed by atoms with van der Waals surface area (Å²) in [5.41, 5.74) is 5.55. The number of aliphatic hydroxyl groups excluding tert-OH is 1. The van der Waals surface area contributed by atoms with Crippen LogP contribution in [0.5, 0.6) is 0 Å². The molecule has 0 saturated heterocycles. The zero-order chi connectivity index (χ0) is 13.3. The zero-order valence-electron chi connectivity index (χ0n) is 10.3. The molecule has 1 heterocycles. The molecule has 0 bridgehead atoms. The summed E-state index contributed by atoms with van der Waals surface area (Å²) >= 11 is 0. The molecule has 5 nitrogen and oxygen atoms in total. The van der Waals surface area contributed by atoms with Crippen LogP contribution in [0.15, 0.2) is 24.5 Å². The zero-order valence-corrected chi connectivity index (χ0v) is 10.3. The van der Waals surface area contributed by atoms with Gasteiger partial charge in [0.15, 0.2) is 0 Å². The van der Waals surface area contributed by atoms with Crippen LogP contribution < -0.4 is 5.73 Å². The first-order valence-electron chi connectivity index (χ1n) is 5.66. The van der Waals surface area contributed by atoms with Gasteiger partial charge in [0.05, 0.1) is 12.5 Å². The lowest BCUT2D eigenvalue weighted by atomic mass is 9.98. The van der Waals surface area contributed by atoms with Gasteiger partial charge in [-0.3, -0.25) is 4.79 Å². The molecule has 0 saturated carbocycles. The Kier molecular flexibility index (Phi) is 8.09. The lowest BCUT2D eigenvalue weighted by Crippen LogP contribution is -2.37. The second-order valence-corrected chi connectivity index (χ2v) is 4.34. The Hall–Kier alpha value is -1.33. The number of carbonyl (C=O) groups is 1. The smallest absolute Gasteiger partial charge is 0.306 e. The van der Waals surface area contributed by atoms with Crippen LogP contribution in [0.3, 0.4) is 0 Å². The van der Waals surface area contributed by atoms with Gasteiger partial charge < -0.3 is 20.9 Å². The Balaban J connectivity index is 0.000000419. The van der Waals surface area contributed by atoms with Crippen LogP contribution in [-0.2, 0) is 4.79 Å². The Labute approximate surface area is 102 Å². The standard InChI is InChI=1S/C8H17NO3.C4H5N/c1-5(2)3-6(9)7(10)4-8(11)12;1-2-4-5-3-1/h5-7,10H,3-4,9H2,1-2H3,(H,11,12);1-5H/t6-,7-;/m0./s1. The molecule has 98 valence electrons. The summed E-state index contributed by atoms with van der Waals surface area (Å²) in [6.45, 7) is 3.96. The largest absolute Gasteiger partial charge is 0.481 e. The lowest BCUT2D eigenvalue weighted by molar-refractivity contribution is -0.139. The summed E-state index contributed by atoms with van der Waals surface area (Å²) in [6, 6.07) is 3.46. The van der Waals surface area contributed by atoms with Crippen molar-refractivity contribution < 1.29 is 15.0 Å². The highest BCUT2D eigenvalue weighted by Gasteiger charge is 2.18. The highest BCUT2D eigenvalue weighted by atomic mass is 16.4. The fourth-order valence-corrected chi connectivity index (χ4v) is 1.31. The van der Waals surface area contributed by atoms with Gasteiger partial charge in [-0.1, -0.05) is 13.8 Å². The second kappa shape index (κ2) is 8.78.